The van der Waals surface area contributed by atoms with Crippen LogP contribution in [0.15, 0.2) is 0 Å². The maximum absolute atomic E-state index is 2.57. The van der Waals surface area contributed by atoms with Crippen molar-refractivity contribution in [1.29, 1.82) is 0 Å². The van der Waals surface area contributed by atoms with Crippen molar-refractivity contribution in [1.82, 2.24) is 9.80 Å². The second-order valence-electron chi connectivity index (χ2n) is 4.51. The predicted molar refractivity (Wildman–Crippen MR) is 53.4 cm³/mol. The van der Waals surface area contributed by atoms with E-state index < -0.39 is 0 Å². The van der Waals surface area contributed by atoms with E-state index in [1.807, 2.05) is 0 Å². The molecule has 0 atom stereocenters. The first-order valence-corrected chi connectivity index (χ1v) is 5.00. The van der Waals surface area contributed by atoms with Crippen molar-refractivity contribution in [3.63, 3.8) is 0 Å². The van der Waals surface area contributed by atoms with E-state index in [0.717, 1.165) is 0 Å². The molecule has 1 rings (SSSR count). The van der Waals surface area contributed by atoms with E-state index in [-0.39, 0.29) is 0 Å². The van der Waals surface area contributed by atoms with E-state index in [9.17, 15) is 0 Å². The number of hydrogen-bond donors (Lipinski definition) is 0. The molecule has 0 saturated carbocycles. The Morgan fingerprint density at radius 3 is 2.42 bits per heavy atom. The smallest absolute Gasteiger partial charge is 0.0277 e. The monoisotopic (exact) mass is 170 g/mol. The molecule has 0 aromatic carbocycles. The summed E-state index contributed by atoms with van der Waals surface area (Å²) in [5, 5.41) is 0. The third kappa shape index (κ3) is 2.20. The van der Waals surface area contributed by atoms with Gasteiger partial charge in [0.1, 0.15) is 0 Å². The van der Waals surface area contributed by atoms with E-state index in [0.29, 0.717) is 5.54 Å². The molecule has 0 bridgehead atoms. The summed E-state index contributed by atoms with van der Waals surface area (Å²) in [6.07, 6.45) is 1.28. The molecule has 2 nitrogen and oxygen atoms in total. The van der Waals surface area contributed by atoms with Crippen LogP contribution in [0.5, 0.6) is 0 Å². The Hall–Kier alpha value is -0.0800. The van der Waals surface area contributed by atoms with Gasteiger partial charge in [-0.3, -0.25) is 4.90 Å². The lowest BCUT2D eigenvalue weighted by atomic mass is 10.00. The maximum Gasteiger partial charge on any atom is 0.0277 e. The van der Waals surface area contributed by atoms with Crippen LogP contribution in [-0.4, -0.2) is 48.6 Å². The lowest BCUT2D eigenvalue weighted by molar-refractivity contribution is 0.0402. The molecule has 12 heavy (non-hydrogen) atoms. The molecule has 0 spiro atoms. The molecule has 0 aliphatic carbocycles. The van der Waals surface area contributed by atoms with E-state index in [2.05, 4.69) is 37.6 Å². The highest BCUT2D eigenvalue weighted by Crippen LogP contribution is 2.18. The van der Waals surface area contributed by atoms with Crippen molar-refractivity contribution >= 4 is 0 Å². The van der Waals surface area contributed by atoms with E-state index >= 15 is 0 Å². The number of nitrogens with zero attached hydrogens (tertiary/aromatic N) is 2. The minimum Gasteiger partial charge on any atom is -0.300 e. The first-order valence-electron chi connectivity index (χ1n) is 5.00. The molecule has 1 saturated heterocycles. The van der Waals surface area contributed by atoms with Crippen LogP contribution in [0, 0.1) is 0 Å². The van der Waals surface area contributed by atoms with Crippen molar-refractivity contribution in [3.8, 4) is 0 Å². The van der Waals surface area contributed by atoms with Crippen LogP contribution in [0.2, 0.25) is 0 Å². The van der Waals surface area contributed by atoms with Crippen molar-refractivity contribution in [2.45, 2.75) is 32.7 Å². The second-order valence-corrected chi connectivity index (χ2v) is 4.51. The molecule has 1 heterocycles. The van der Waals surface area contributed by atoms with Crippen molar-refractivity contribution in [2.24, 2.45) is 0 Å². The molecular formula is C10H22N2. The van der Waals surface area contributed by atoms with E-state index in [1.165, 1.54) is 32.6 Å². The maximum atomic E-state index is 2.57. The third-order valence-electron chi connectivity index (χ3n) is 2.94. The van der Waals surface area contributed by atoms with Crippen LogP contribution < -0.4 is 0 Å². The van der Waals surface area contributed by atoms with Crippen LogP contribution in [0.4, 0.5) is 0 Å². The molecule has 2 heteroatoms. The molecule has 1 aliphatic heterocycles. The number of piperazine rings is 1. The van der Waals surface area contributed by atoms with Gasteiger partial charge in [0.05, 0.1) is 0 Å². The van der Waals surface area contributed by atoms with Gasteiger partial charge in [0.25, 0.3) is 0 Å². The van der Waals surface area contributed by atoms with Gasteiger partial charge in [-0.25, -0.2) is 0 Å². The Morgan fingerprint density at radius 1 is 1.25 bits per heavy atom. The van der Waals surface area contributed by atoms with Gasteiger partial charge >= 0.3 is 0 Å². The summed E-state index contributed by atoms with van der Waals surface area (Å²) >= 11 is 0. The van der Waals surface area contributed by atoms with Crippen LogP contribution in [0.3, 0.4) is 0 Å². The molecule has 0 N–H and O–H groups in total. The molecule has 0 unspecified atom stereocenters. The van der Waals surface area contributed by atoms with Gasteiger partial charge in [0.15, 0.2) is 0 Å². The van der Waals surface area contributed by atoms with Gasteiger partial charge in [0, 0.05) is 25.2 Å². The fourth-order valence-electron chi connectivity index (χ4n) is 1.85. The predicted octanol–water partition coefficient (Wildman–Crippen LogP) is 1.42. The topological polar surface area (TPSA) is 6.48 Å². The van der Waals surface area contributed by atoms with E-state index in [4.69, 9.17) is 0 Å². The Morgan fingerprint density at radius 2 is 1.92 bits per heavy atom. The SMILES string of the molecule is CCCN1CCN(C)C(C)(C)C1. The fraction of sp³-hybridized carbons (Fsp3) is 1.00. The number of rotatable bonds is 2. The molecule has 0 aromatic heterocycles. The molecule has 1 fully saturated rings. The molecule has 1 aliphatic rings. The minimum absolute atomic E-state index is 0.368. The van der Waals surface area contributed by atoms with Crippen LogP contribution in [0.1, 0.15) is 27.2 Å². The van der Waals surface area contributed by atoms with Gasteiger partial charge in [-0.2, -0.15) is 0 Å². The largest absolute Gasteiger partial charge is 0.300 e. The molecule has 0 radical (unpaired) electrons. The Kier molecular flexibility index (Phi) is 3.13. The fourth-order valence-corrected chi connectivity index (χ4v) is 1.85. The summed E-state index contributed by atoms with van der Waals surface area (Å²) in [5.41, 5.74) is 0.368. The Balaban J connectivity index is 2.45. The van der Waals surface area contributed by atoms with E-state index in [1.54, 1.807) is 0 Å². The van der Waals surface area contributed by atoms with Gasteiger partial charge in [-0.1, -0.05) is 6.92 Å². The van der Waals surface area contributed by atoms with Gasteiger partial charge in [-0.15, -0.1) is 0 Å². The molecule has 0 aromatic rings. The van der Waals surface area contributed by atoms with Gasteiger partial charge < -0.3 is 4.90 Å². The molecule has 0 amide bonds. The highest BCUT2D eigenvalue weighted by atomic mass is 15.3. The standard InChI is InChI=1S/C10H22N2/c1-5-6-12-8-7-11(4)10(2,3)9-12/h5-9H2,1-4H3. The van der Waals surface area contributed by atoms with Crippen LogP contribution >= 0.6 is 0 Å². The zero-order valence-electron chi connectivity index (χ0n) is 8.93. The molecule has 72 valence electrons. The Bertz CT molecular complexity index is 143. The lowest BCUT2D eigenvalue weighted by Crippen LogP contribution is -2.57. The lowest BCUT2D eigenvalue weighted by Gasteiger charge is -2.45. The highest BCUT2D eigenvalue weighted by Gasteiger charge is 2.30. The summed E-state index contributed by atoms with van der Waals surface area (Å²) in [6, 6.07) is 0. The normalized spacial score (nSPS) is 26.0. The zero-order valence-corrected chi connectivity index (χ0v) is 8.93. The van der Waals surface area contributed by atoms with Gasteiger partial charge in [0.2, 0.25) is 0 Å². The average Bonchev–Trinajstić information content (AvgIpc) is 1.97. The van der Waals surface area contributed by atoms with Crippen LogP contribution in [-0.2, 0) is 0 Å². The highest BCUT2D eigenvalue weighted by molar-refractivity contribution is 4.87. The minimum atomic E-state index is 0.368. The quantitative estimate of drug-likeness (QED) is 0.618. The second kappa shape index (κ2) is 3.75. The van der Waals surface area contributed by atoms with Crippen molar-refractivity contribution in [3.05, 3.63) is 0 Å². The summed E-state index contributed by atoms with van der Waals surface area (Å²) in [5.74, 6) is 0. The summed E-state index contributed by atoms with van der Waals surface area (Å²) in [6.45, 7) is 11.9. The zero-order chi connectivity index (χ0) is 9.19. The van der Waals surface area contributed by atoms with Crippen LogP contribution in [0.25, 0.3) is 0 Å². The van der Waals surface area contributed by atoms with Crippen molar-refractivity contribution in [2.75, 3.05) is 33.2 Å². The van der Waals surface area contributed by atoms with Crippen molar-refractivity contribution < 1.29 is 0 Å². The first kappa shape index (κ1) is 10.0. The summed E-state index contributed by atoms with van der Waals surface area (Å²) in [4.78, 5) is 5.03. The first-order chi connectivity index (χ1) is 5.56. The van der Waals surface area contributed by atoms with Gasteiger partial charge in [-0.05, 0) is 33.9 Å². The summed E-state index contributed by atoms with van der Waals surface area (Å²) < 4.78 is 0. The third-order valence-corrected chi connectivity index (χ3v) is 2.94. The Labute approximate surface area is 76.5 Å². The summed E-state index contributed by atoms with van der Waals surface area (Å²) in [7, 11) is 2.23. The molecular weight excluding hydrogens is 148 g/mol. The number of likely N-dealkylation sites (N-methyl/N-ethyl adjacent to an activating group) is 1. The average molecular weight is 170 g/mol. The number of hydrogen-bond acceptors (Lipinski definition) is 2.